The average Bonchev–Trinajstić information content (AvgIpc) is 2.84. The first-order valence-corrected chi connectivity index (χ1v) is 11.0. The molecule has 4 aromatic rings. The molecule has 0 bridgehead atoms. The van der Waals surface area contributed by atoms with Gasteiger partial charge in [0.2, 0.25) is 0 Å². The van der Waals surface area contributed by atoms with Gasteiger partial charge in [0.15, 0.2) is 29.1 Å². The summed E-state index contributed by atoms with van der Waals surface area (Å²) in [4.78, 5) is 0. The van der Waals surface area contributed by atoms with Crippen molar-refractivity contribution in [3.63, 3.8) is 0 Å². The van der Waals surface area contributed by atoms with Gasteiger partial charge in [0.25, 0.3) is 0 Å². The first-order chi connectivity index (χ1) is 17.5. The van der Waals surface area contributed by atoms with Crippen LogP contribution in [0.5, 0.6) is 5.75 Å². The SMILES string of the molecule is Cc1ccc(-c2ccc(CCc3ccc(C(F)(F)Oc4cc(F)c(F)c(F)c4)c(F)c3F)c(F)c2)cc1. The fourth-order valence-corrected chi connectivity index (χ4v) is 3.75. The van der Waals surface area contributed by atoms with Crippen LogP contribution in [0, 0.1) is 41.8 Å². The molecule has 0 unspecified atom stereocenters. The molecule has 0 saturated carbocycles. The largest absolute Gasteiger partial charge is 0.429 e. The van der Waals surface area contributed by atoms with Crippen LogP contribution < -0.4 is 4.74 Å². The Bertz CT molecular complexity index is 1420. The molecule has 192 valence electrons. The molecular formula is C28H18F8O. The van der Waals surface area contributed by atoms with Gasteiger partial charge in [-0.25, -0.2) is 26.3 Å². The maximum absolute atomic E-state index is 14.6. The van der Waals surface area contributed by atoms with Crippen LogP contribution >= 0.6 is 0 Å². The van der Waals surface area contributed by atoms with Gasteiger partial charge in [-0.1, -0.05) is 48.0 Å². The normalized spacial score (nSPS) is 11.6. The molecule has 37 heavy (non-hydrogen) atoms. The van der Waals surface area contributed by atoms with Crippen molar-refractivity contribution in [3.05, 3.63) is 124 Å². The summed E-state index contributed by atoms with van der Waals surface area (Å²) in [6, 6.07) is 13.7. The minimum absolute atomic E-state index is 0.0449. The Kier molecular flexibility index (Phi) is 7.25. The van der Waals surface area contributed by atoms with Gasteiger partial charge in [-0.05, 0) is 54.2 Å². The summed E-state index contributed by atoms with van der Waals surface area (Å²) in [7, 11) is 0. The highest BCUT2D eigenvalue weighted by Crippen LogP contribution is 2.36. The molecular weight excluding hydrogens is 504 g/mol. The van der Waals surface area contributed by atoms with Crippen molar-refractivity contribution in [2.45, 2.75) is 25.9 Å². The van der Waals surface area contributed by atoms with Crippen LogP contribution in [0.1, 0.15) is 22.3 Å². The predicted molar refractivity (Wildman–Crippen MR) is 121 cm³/mol. The minimum atomic E-state index is -4.54. The van der Waals surface area contributed by atoms with E-state index < -0.39 is 52.3 Å². The third kappa shape index (κ3) is 5.60. The fourth-order valence-electron chi connectivity index (χ4n) is 3.75. The minimum Gasteiger partial charge on any atom is -0.429 e. The summed E-state index contributed by atoms with van der Waals surface area (Å²) in [5, 5.41) is 0. The Morgan fingerprint density at radius 3 is 1.78 bits per heavy atom. The lowest BCUT2D eigenvalue weighted by Crippen LogP contribution is -2.24. The summed E-state index contributed by atoms with van der Waals surface area (Å²) in [6.45, 7) is 1.92. The van der Waals surface area contributed by atoms with E-state index in [1.807, 2.05) is 31.2 Å². The van der Waals surface area contributed by atoms with E-state index in [9.17, 15) is 35.1 Å². The van der Waals surface area contributed by atoms with Crippen LogP contribution in [0.25, 0.3) is 11.1 Å². The number of halogens is 8. The van der Waals surface area contributed by atoms with Gasteiger partial charge in [0.05, 0.1) is 0 Å². The molecule has 0 aliphatic rings. The van der Waals surface area contributed by atoms with Gasteiger partial charge < -0.3 is 4.74 Å². The molecule has 0 radical (unpaired) electrons. The van der Waals surface area contributed by atoms with Crippen molar-refractivity contribution in [2.24, 2.45) is 0 Å². The number of hydrogen-bond acceptors (Lipinski definition) is 1. The lowest BCUT2D eigenvalue weighted by Gasteiger charge is -2.20. The van der Waals surface area contributed by atoms with Gasteiger partial charge in [-0.3, -0.25) is 0 Å². The topological polar surface area (TPSA) is 9.23 Å². The summed E-state index contributed by atoms with van der Waals surface area (Å²) in [6.07, 6.45) is -4.79. The van der Waals surface area contributed by atoms with Crippen molar-refractivity contribution in [2.75, 3.05) is 0 Å². The third-order valence-electron chi connectivity index (χ3n) is 5.78. The molecule has 0 saturated heterocycles. The van der Waals surface area contributed by atoms with Crippen LogP contribution in [0.2, 0.25) is 0 Å². The fraction of sp³-hybridized carbons (Fsp3) is 0.143. The number of benzene rings is 4. The highest BCUT2D eigenvalue weighted by atomic mass is 19.3. The van der Waals surface area contributed by atoms with E-state index in [2.05, 4.69) is 4.74 Å². The summed E-state index contributed by atoms with van der Waals surface area (Å²) in [5.41, 5.74) is 0.864. The monoisotopic (exact) mass is 522 g/mol. The lowest BCUT2D eigenvalue weighted by atomic mass is 9.98. The Morgan fingerprint density at radius 1 is 0.595 bits per heavy atom. The zero-order chi connectivity index (χ0) is 26.9. The highest BCUT2D eigenvalue weighted by molar-refractivity contribution is 5.64. The molecule has 0 fully saturated rings. The molecule has 0 heterocycles. The Hall–Kier alpha value is -3.88. The second kappa shape index (κ2) is 10.2. The van der Waals surface area contributed by atoms with E-state index in [4.69, 9.17) is 0 Å². The highest BCUT2D eigenvalue weighted by Gasteiger charge is 2.39. The van der Waals surface area contributed by atoms with Crippen LogP contribution in [-0.2, 0) is 19.0 Å². The molecule has 0 N–H and O–H groups in total. The van der Waals surface area contributed by atoms with Crippen LogP contribution in [0.15, 0.2) is 66.7 Å². The third-order valence-corrected chi connectivity index (χ3v) is 5.78. The van der Waals surface area contributed by atoms with E-state index in [0.717, 1.165) is 17.2 Å². The Morgan fingerprint density at radius 2 is 1.16 bits per heavy atom. The average molecular weight is 522 g/mol. The van der Waals surface area contributed by atoms with Crippen molar-refractivity contribution in [1.29, 1.82) is 0 Å². The van der Waals surface area contributed by atoms with Gasteiger partial charge in [0.1, 0.15) is 17.1 Å². The second-order valence-corrected chi connectivity index (χ2v) is 8.39. The van der Waals surface area contributed by atoms with Crippen molar-refractivity contribution >= 4 is 0 Å². The second-order valence-electron chi connectivity index (χ2n) is 8.39. The molecule has 0 atom stereocenters. The molecule has 9 heteroatoms. The molecule has 0 amide bonds. The Labute approximate surface area is 207 Å². The zero-order valence-electron chi connectivity index (χ0n) is 19.2. The predicted octanol–water partition coefficient (Wildman–Crippen LogP) is 8.41. The first-order valence-electron chi connectivity index (χ1n) is 11.0. The number of aryl methyl sites for hydroxylation is 3. The quantitative estimate of drug-likeness (QED) is 0.175. The lowest BCUT2D eigenvalue weighted by molar-refractivity contribution is -0.188. The smallest absolute Gasteiger partial charge is 0.429 e. The number of alkyl halides is 2. The standard InChI is InChI=1S/C28H18F8O/c1-15-2-4-16(5-3-15)19-9-7-17(22(29)12-19)6-8-18-10-11-21(26(33)25(18)32)28(35,36)37-20-13-23(30)27(34)24(31)14-20/h2-5,7,9-14H,6,8H2,1H3. The van der Waals surface area contributed by atoms with Crippen LogP contribution in [0.4, 0.5) is 35.1 Å². The van der Waals surface area contributed by atoms with Gasteiger partial charge in [-0.15, -0.1) is 0 Å². The molecule has 0 aliphatic heterocycles. The maximum atomic E-state index is 14.6. The van der Waals surface area contributed by atoms with Crippen LogP contribution in [-0.4, -0.2) is 0 Å². The summed E-state index contributed by atoms with van der Waals surface area (Å²) >= 11 is 0. The summed E-state index contributed by atoms with van der Waals surface area (Å²) < 4.78 is 116. The van der Waals surface area contributed by atoms with E-state index in [-0.39, 0.29) is 36.1 Å². The number of ether oxygens (including phenoxy) is 1. The van der Waals surface area contributed by atoms with Crippen LogP contribution in [0.3, 0.4) is 0 Å². The summed E-state index contributed by atoms with van der Waals surface area (Å²) in [5.74, 6) is -10.7. The van der Waals surface area contributed by atoms with Crippen molar-refractivity contribution in [1.82, 2.24) is 0 Å². The molecule has 1 nitrogen and oxygen atoms in total. The number of rotatable bonds is 7. The van der Waals surface area contributed by atoms with E-state index >= 15 is 0 Å². The number of hydrogen-bond donors (Lipinski definition) is 0. The van der Waals surface area contributed by atoms with E-state index in [0.29, 0.717) is 11.6 Å². The molecule has 4 aromatic carbocycles. The first kappa shape index (κ1) is 26.2. The zero-order valence-corrected chi connectivity index (χ0v) is 19.2. The van der Waals surface area contributed by atoms with Crippen molar-refractivity contribution < 1.29 is 39.9 Å². The maximum Gasteiger partial charge on any atom is 0.429 e. The molecule has 0 spiro atoms. The Balaban J connectivity index is 1.51. The van der Waals surface area contributed by atoms with Gasteiger partial charge in [-0.2, -0.15) is 8.78 Å². The van der Waals surface area contributed by atoms with Gasteiger partial charge >= 0.3 is 6.11 Å². The van der Waals surface area contributed by atoms with Crippen molar-refractivity contribution in [3.8, 4) is 16.9 Å². The van der Waals surface area contributed by atoms with E-state index in [1.165, 1.54) is 12.1 Å². The molecule has 0 aliphatic carbocycles. The van der Waals surface area contributed by atoms with Gasteiger partial charge in [0, 0.05) is 12.1 Å². The molecule has 4 rings (SSSR count). The van der Waals surface area contributed by atoms with E-state index in [1.54, 1.807) is 6.07 Å². The molecule has 0 aromatic heterocycles.